The van der Waals surface area contributed by atoms with Gasteiger partial charge in [-0.25, -0.2) is 4.98 Å². The first-order valence-electron chi connectivity index (χ1n) is 5.52. The fourth-order valence-electron chi connectivity index (χ4n) is 1.17. The molecule has 106 valence electrons. The third kappa shape index (κ3) is 6.69. The van der Waals surface area contributed by atoms with E-state index in [1.165, 1.54) is 11.3 Å². The molecular weight excluding hydrogens is 300 g/mol. The summed E-state index contributed by atoms with van der Waals surface area (Å²) in [5, 5.41) is 6.80. The normalized spacial score (nSPS) is 11.4. The highest BCUT2D eigenvalue weighted by atomic mass is 32.2. The lowest BCUT2D eigenvalue weighted by molar-refractivity contribution is 0.987. The molecule has 0 amide bonds. The number of hydrogen-bond acceptors (Lipinski definition) is 6. The molecule has 6 nitrogen and oxygen atoms in total. The van der Waals surface area contributed by atoms with Crippen LogP contribution >= 0.6 is 34.9 Å². The van der Waals surface area contributed by atoms with Crippen LogP contribution < -0.4 is 16.8 Å². The first-order chi connectivity index (χ1) is 9.15. The van der Waals surface area contributed by atoms with Crippen molar-refractivity contribution < 1.29 is 0 Å². The number of thioether (sulfide) groups is 2. The summed E-state index contributed by atoms with van der Waals surface area (Å²) < 4.78 is 0. The Kier molecular flexibility index (Phi) is 7.68. The van der Waals surface area contributed by atoms with Gasteiger partial charge >= 0.3 is 0 Å². The van der Waals surface area contributed by atoms with Crippen LogP contribution in [-0.2, 0) is 5.75 Å². The Morgan fingerprint density at radius 2 is 2.32 bits per heavy atom. The zero-order chi connectivity index (χ0) is 14.1. The van der Waals surface area contributed by atoms with E-state index in [0.29, 0.717) is 5.13 Å². The van der Waals surface area contributed by atoms with Crippen LogP contribution in [-0.4, -0.2) is 41.7 Å². The molecule has 5 N–H and O–H groups in total. The van der Waals surface area contributed by atoms with Crippen molar-refractivity contribution >= 4 is 51.1 Å². The molecule has 1 aromatic heterocycles. The van der Waals surface area contributed by atoms with Gasteiger partial charge in [-0.15, -0.1) is 11.3 Å². The molecule has 1 rings (SSSR count). The number of hydrogen-bond donors (Lipinski definition) is 3. The van der Waals surface area contributed by atoms with E-state index in [4.69, 9.17) is 11.5 Å². The van der Waals surface area contributed by atoms with Gasteiger partial charge in [0.25, 0.3) is 0 Å². The number of amidine groups is 1. The monoisotopic (exact) mass is 318 g/mol. The van der Waals surface area contributed by atoms with E-state index in [2.05, 4.69) is 20.3 Å². The first-order valence-corrected chi connectivity index (χ1v) is 8.78. The molecule has 0 fully saturated rings. The molecule has 0 saturated carbocycles. The number of guanidine groups is 1. The van der Waals surface area contributed by atoms with Gasteiger partial charge in [0, 0.05) is 30.5 Å². The number of nitrogens with two attached hydrogens (primary N) is 2. The van der Waals surface area contributed by atoms with Gasteiger partial charge < -0.3 is 16.8 Å². The Morgan fingerprint density at radius 3 is 2.95 bits per heavy atom. The SMILES string of the molecule is CN=C(NCCSCc1csc(N=C(N)N)n1)SC. The van der Waals surface area contributed by atoms with Gasteiger partial charge in [-0.2, -0.15) is 16.8 Å². The van der Waals surface area contributed by atoms with Gasteiger partial charge in [-0.05, 0) is 6.26 Å². The Labute approximate surface area is 125 Å². The second-order valence-corrected chi connectivity index (χ2v) is 6.11. The maximum Gasteiger partial charge on any atom is 0.212 e. The average molecular weight is 318 g/mol. The Bertz CT molecular complexity index is 438. The lowest BCUT2D eigenvalue weighted by Gasteiger charge is -2.05. The van der Waals surface area contributed by atoms with E-state index in [0.717, 1.165) is 28.9 Å². The van der Waals surface area contributed by atoms with Gasteiger partial charge in [0.15, 0.2) is 11.1 Å². The summed E-state index contributed by atoms with van der Waals surface area (Å²) in [5.41, 5.74) is 11.6. The summed E-state index contributed by atoms with van der Waals surface area (Å²) in [6.45, 7) is 0.892. The predicted octanol–water partition coefficient (Wildman–Crippen LogP) is 1.22. The quantitative estimate of drug-likeness (QED) is 0.414. The maximum absolute atomic E-state index is 5.30. The van der Waals surface area contributed by atoms with Crippen molar-refractivity contribution in [3.05, 3.63) is 11.1 Å². The van der Waals surface area contributed by atoms with Crippen LogP contribution in [0.4, 0.5) is 5.13 Å². The van der Waals surface area contributed by atoms with E-state index in [1.807, 2.05) is 23.4 Å². The third-order valence-corrected chi connectivity index (χ3v) is 4.42. The number of aliphatic imine (C=N–C) groups is 2. The highest BCUT2D eigenvalue weighted by Gasteiger charge is 2.01. The summed E-state index contributed by atoms with van der Waals surface area (Å²) in [7, 11) is 1.78. The van der Waals surface area contributed by atoms with E-state index in [1.54, 1.807) is 18.8 Å². The van der Waals surface area contributed by atoms with Crippen molar-refractivity contribution in [3.8, 4) is 0 Å². The smallest absolute Gasteiger partial charge is 0.212 e. The Morgan fingerprint density at radius 1 is 1.53 bits per heavy atom. The van der Waals surface area contributed by atoms with E-state index >= 15 is 0 Å². The fraction of sp³-hybridized carbons (Fsp3) is 0.500. The summed E-state index contributed by atoms with van der Waals surface area (Å²) >= 11 is 4.87. The standard InChI is InChI=1S/C10H18N6S3/c1-13-9(17-2)14-3-4-18-5-7-6-19-10(15-7)16-8(11)12/h6H,3-5H2,1-2H3,(H,13,14)(H4,11,12,15,16). The van der Waals surface area contributed by atoms with Crippen molar-refractivity contribution in [3.63, 3.8) is 0 Å². The van der Waals surface area contributed by atoms with Crippen LogP contribution in [0.2, 0.25) is 0 Å². The molecule has 0 saturated heterocycles. The number of aromatic nitrogens is 1. The molecule has 0 spiro atoms. The van der Waals surface area contributed by atoms with Crippen LogP contribution in [0.25, 0.3) is 0 Å². The van der Waals surface area contributed by atoms with Crippen molar-refractivity contribution in [1.29, 1.82) is 0 Å². The molecule has 9 heteroatoms. The second kappa shape index (κ2) is 9.05. The van der Waals surface area contributed by atoms with E-state index < -0.39 is 0 Å². The second-order valence-electron chi connectivity index (χ2n) is 3.37. The minimum atomic E-state index is 0.0428. The lowest BCUT2D eigenvalue weighted by atomic mass is 10.6. The largest absolute Gasteiger partial charge is 0.370 e. The number of nitrogens with zero attached hydrogens (tertiary/aromatic N) is 3. The number of nitrogens with one attached hydrogen (secondary N) is 1. The third-order valence-electron chi connectivity index (χ3n) is 1.93. The van der Waals surface area contributed by atoms with Gasteiger partial charge in [-0.1, -0.05) is 11.8 Å². The predicted molar refractivity (Wildman–Crippen MR) is 88.6 cm³/mol. The van der Waals surface area contributed by atoms with Crippen molar-refractivity contribution in [2.24, 2.45) is 21.5 Å². The average Bonchev–Trinajstić information content (AvgIpc) is 2.80. The first kappa shape index (κ1) is 16.1. The summed E-state index contributed by atoms with van der Waals surface area (Å²) in [6, 6.07) is 0. The number of rotatable bonds is 6. The minimum absolute atomic E-state index is 0.0428. The summed E-state index contributed by atoms with van der Waals surface area (Å²) in [6.07, 6.45) is 2.00. The summed E-state index contributed by atoms with van der Waals surface area (Å²) in [5.74, 6) is 1.89. The van der Waals surface area contributed by atoms with Gasteiger partial charge in [0.2, 0.25) is 5.13 Å². The van der Waals surface area contributed by atoms with Crippen LogP contribution in [0.15, 0.2) is 15.4 Å². The summed E-state index contributed by atoms with van der Waals surface area (Å²) in [4.78, 5) is 12.3. The fourth-order valence-corrected chi connectivity index (χ4v) is 3.16. The maximum atomic E-state index is 5.30. The zero-order valence-electron chi connectivity index (χ0n) is 10.9. The van der Waals surface area contributed by atoms with E-state index in [-0.39, 0.29) is 5.96 Å². The number of thiazole rings is 1. The molecule has 0 aromatic carbocycles. The van der Waals surface area contributed by atoms with Crippen LogP contribution in [0.3, 0.4) is 0 Å². The van der Waals surface area contributed by atoms with Crippen molar-refractivity contribution in [2.75, 3.05) is 25.6 Å². The zero-order valence-corrected chi connectivity index (χ0v) is 13.4. The molecule has 1 heterocycles. The molecule has 0 atom stereocenters. The molecule has 0 radical (unpaired) electrons. The Balaban J connectivity index is 2.23. The highest BCUT2D eigenvalue weighted by molar-refractivity contribution is 8.13. The molecular formula is C10H18N6S3. The Hall–Kier alpha value is -0.930. The van der Waals surface area contributed by atoms with Crippen molar-refractivity contribution in [1.82, 2.24) is 10.3 Å². The molecule has 0 bridgehead atoms. The van der Waals surface area contributed by atoms with Gasteiger partial charge in [-0.3, -0.25) is 4.99 Å². The topological polar surface area (TPSA) is 102 Å². The van der Waals surface area contributed by atoms with Gasteiger partial charge in [0.1, 0.15) is 0 Å². The molecule has 1 aromatic rings. The highest BCUT2D eigenvalue weighted by Crippen LogP contribution is 2.21. The molecule has 0 unspecified atom stereocenters. The molecule has 0 aliphatic heterocycles. The van der Waals surface area contributed by atoms with Crippen LogP contribution in [0, 0.1) is 0 Å². The molecule has 19 heavy (non-hydrogen) atoms. The lowest BCUT2D eigenvalue weighted by Crippen LogP contribution is -2.22. The van der Waals surface area contributed by atoms with E-state index in [9.17, 15) is 0 Å². The van der Waals surface area contributed by atoms with Gasteiger partial charge in [0.05, 0.1) is 5.69 Å². The minimum Gasteiger partial charge on any atom is -0.370 e. The van der Waals surface area contributed by atoms with Crippen LogP contribution in [0.5, 0.6) is 0 Å². The molecule has 0 aliphatic rings. The molecule has 0 aliphatic carbocycles. The van der Waals surface area contributed by atoms with Crippen molar-refractivity contribution in [2.45, 2.75) is 5.75 Å². The van der Waals surface area contributed by atoms with Crippen LogP contribution in [0.1, 0.15) is 5.69 Å².